The minimum Gasteiger partial charge on any atom is -0.472 e. The van der Waals surface area contributed by atoms with Gasteiger partial charge in [-0.3, -0.25) is 4.79 Å². The first-order valence-corrected chi connectivity index (χ1v) is 10.8. The molecule has 0 aliphatic carbocycles. The molecule has 0 atom stereocenters. The molecule has 1 aromatic carbocycles. The molecule has 0 spiro atoms. The van der Waals surface area contributed by atoms with Crippen LogP contribution < -0.4 is 0 Å². The van der Waals surface area contributed by atoms with Crippen LogP contribution in [0.25, 0.3) is 0 Å². The van der Waals surface area contributed by atoms with Gasteiger partial charge in [0.2, 0.25) is 0 Å². The molecule has 10 heteroatoms. The van der Waals surface area contributed by atoms with Crippen LogP contribution in [0.2, 0.25) is 0 Å². The van der Waals surface area contributed by atoms with Crippen LogP contribution >= 0.6 is 0 Å². The number of nitrogens with zero attached hydrogens (tertiary/aromatic N) is 2. The number of sulfone groups is 1. The lowest BCUT2D eigenvalue weighted by Crippen LogP contribution is -2.49. The maximum atomic E-state index is 13.2. The van der Waals surface area contributed by atoms with Gasteiger partial charge in [-0.15, -0.1) is 0 Å². The van der Waals surface area contributed by atoms with Crippen LogP contribution in [-0.4, -0.2) is 56.1 Å². The number of piperidine rings is 1. The topological polar surface area (TPSA) is 76.0 Å². The molecule has 2 aliphatic heterocycles. The zero-order valence-corrected chi connectivity index (χ0v) is 17.0. The van der Waals surface area contributed by atoms with Crippen molar-refractivity contribution in [3.8, 4) is 0 Å². The highest BCUT2D eigenvalue weighted by atomic mass is 32.2. The first-order valence-electron chi connectivity index (χ1n) is 9.33. The average Bonchev–Trinajstić information content (AvgIpc) is 3.21. The second-order valence-electron chi connectivity index (χ2n) is 7.73. The summed E-state index contributed by atoms with van der Waals surface area (Å²) in [5.41, 5.74) is -0.993. The second-order valence-corrected chi connectivity index (χ2v) is 10.3. The number of carbonyl (C=O) groups is 1. The largest absolute Gasteiger partial charge is 0.472 e. The number of benzene rings is 1. The van der Waals surface area contributed by atoms with E-state index in [9.17, 15) is 26.4 Å². The van der Waals surface area contributed by atoms with Crippen LogP contribution in [0.1, 0.15) is 32.3 Å². The predicted molar refractivity (Wildman–Crippen MR) is 100 cm³/mol. The highest BCUT2D eigenvalue weighted by Crippen LogP contribution is 2.39. The summed E-state index contributed by atoms with van der Waals surface area (Å²) in [4.78, 5) is 17.6. The van der Waals surface area contributed by atoms with Gasteiger partial charge in [-0.25, -0.2) is 13.4 Å². The number of aliphatic imine (C=N–C) groups is 1. The zero-order valence-electron chi connectivity index (χ0n) is 16.2. The van der Waals surface area contributed by atoms with Crippen molar-refractivity contribution in [3.63, 3.8) is 0 Å². The molecule has 160 valence electrons. The van der Waals surface area contributed by atoms with E-state index < -0.39 is 26.3 Å². The predicted octanol–water partition coefficient (Wildman–Crippen LogP) is 2.93. The van der Waals surface area contributed by atoms with Gasteiger partial charge in [0.15, 0.2) is 9.84 Å². The summed E-state index contributed by atoms with van der Waals surface area (Å²) in [5, 5.41) is 0. The normalized spacial score (nSPS) is 19.1. The molecule has 1 aromatic rings. The lowest BCUT2D eigenvalue weighted by molar-refractivity contribution is -0.137. The van der Waals surface area contributed by atoms with Crippen molar-refractivity contribution in [1.82, 2.24) is 4.90 Å². The fourth-order valence-electron chi connectivity index (χ4n) is 3.74. The molecule has 0 radical (unpaired) electrons. The maximum absolute atomic E-state index is 13.2. The SMILES string of the molecule is CC(C)(C1CCN(C(=O)C2=NCCO2)CC1)S(=O)(=O)c1cccc(C(F)(F)F)c1. The average molecular weight is 432 g/mol. The van der Waals surface area contributed by atoms with Crippen molar-refractivity contribution in [2.45, 2.75) is 42.5 Å². The molecule has 0 aromatic heterocycles. The molecular weight excluding hydrogens is 409 g/mol. The van der Waals surface area contributed by atoms with Crippen LogP contribution in [0.4, 0.5) is 13.2 Å². The summed E-state index contributed by atoms with van der Waals surface area (Å²) in [7, 11) is -4.03. The quantitative estimate of drug-likeness (QED) is 0.733. The Hall–Kier alpha value is -2.10. The molecule has 0 saturated carbocycles. The summed E-state index contributed by atoms with van der Waals surface area (Å²) < 4.78 is 69.2. The van der Waals surface area contributed by atoms with Crippen LogP contribution in [0.3, 0.4) is 0 Å². The van der Waals surface area contributed by atoms with Gasteiger partial charge in [-0.05, 0) is 50.8 Å². The third kappa shape index (κ3) is 4.12. The Balaban J connectivity index is 1.76. The lowest BCUT2D eigenvalue weighted by atomic mass is 9.86. The molecule has 2 heterocycles. The van der Waals surface area contributed by atoms with E-state index in [0.29, 0.717) is 45.1 Å². The van der Waals surface area contributed by atoms with Gasteiger partial charge in [0.25, 0.3) is 5.90 Å². The first-order chi connectivity index (χ1) is 13.4. The Morgan fingerprint density at radius 2 is 1.86 bits per heavy atom. The van der Waals surface area contributed by atoms with Gasteiger partial charge in [0.05, 0.1) is 21.8 Å². The summed E-state index contributed by atoms with van der Waals surface area (Å²) in [5.74, 6) is -0.531. The number of amides is 1. The van der Waals surface area contributed by atoms with E-state index in [1.165, 1.54) is 19.9 Å². The van der Waals surface area contributed by atoms with E-state index in [1.54, 1.807) is 4.90 Å². The lowest BCUT2D eigenvalue weighted by Gasteiger charge is -2.40. The van der Waals surface area contributed by atoms with Gasteiger partial charge in [-0.2, -0.15) is 13.2 Å². The van der Waals surface area contributed by atoms with Crippen LogP contribution in [0.15, 0.2) is 34.2 Å². The van der Waals surface area contributed by atoms with E-state index in [1.807, 2.05) is 0 Å². The van der Waals surface area contributed by atoms with Gasteiger partial charge in [0.1, 0.15) is 6.61 Å². The fraction of sp³-hybridized carbons (Fsp3) is 0.579. The van der Waals surface area contributed by atoms with Crippen molar-refractivity contribution >= 4 is 21.6 Å². The molecule has 0 bridgehead atoms. The molecule has 29 heavy (non-hydrogen) atoms. The fourth-order valence-corrected chi connectivity index (χ4v) is 5.56. The molecule has 6 nitrogen and oxygen atoms in total. The number of hydrogen-bond acceptors (Lipinski definition) is 5. The Labute approximate surface area is 167 Å². The zero-order chi connectivity index (χ0) is 21.4. The molecule has 0 N–H and O–H groups in total. The smallest absolute Gasteiger partial charge is 0.416 e. The van der Waals surface area contributed by atoms with E-state index in [4.69, 9.17) is 4.74 Å². The minimum absolute atomic E-state index is 0.0827. The molecule has 3 rings (SSSR count). The van der Waals surface area contributed by atoms with Crippen LogP contribution in [0.5, 0.6) is 0 Å². The van der Waals surface area contributed by atoms with Gasteiger partial charge >= 0.3 is 12.1 Å². The third-order valence-electron chi connectivity index (χ3n) is 5.70. The summed E-state index contributed by atoms with van der Waals surface area (Å²) >= 11 is 0. The number of halogens is 3. The first kappa shape index (κ1) is 21.6. The Bertz CT molecular complexity index is 918. The van der Waals surface area contributed by atoms with Crippen LogP contribution in [-0.2, 0) is 25.5 Å². The van der Waals surface area contributed by atoms with E-state index in [-0.39, 0.29) is 22.6 Å². The standard InChI is InChI=1S/C19H23F3N2O4S/c1-18(2,29(26,27)15-5-3-4-14(12-15)19(20,21)22)13-6-9-24(10-7-13)17(25)16-23-8-11-28-16/h3-5,12-13H,6-11H2,1-2H3. The van der Waals surface area contributed by atoms with Crippen molar-refractivity contribution in [2.75, 3.05) is 26.2 Å². The van der Waals surface area contributed by atoms with Crippen molar-refractivity contribution in [2.24, 2.45) is 10.9 Å². The number of hydrogen-bond donors (Lipinski definition) is 0. The highest BCUT2D eigenvalue weighted by molar-refractivity contribution is 7.92. The van der Waals surface area contributed by atoms with E-state index in [0.717, 1.165) is 12.1 Å². The van der Waals surface area contributed by atoms with E-state index in [2.05, 4.69) is 4.99 Å². The number of likely N-dealkylation sites (tertiary alicyclic amines) is 1. The van der Waals surface area contributed by atoms with Crippen molar-refractivity contribution < 1.29 is 31.1 Å². The number of alkyl halides is 3. The van der Waals surface area contributed by atoms with Crippen molar-refractivity contribution in [1.29, 1.82) is 0 Å². The van der Waals surface area contributed by atoms with Gasteiger partial charge < -0.3 is 9.64 Å². The van der Waals surface area contributed by atoms with Crippen LogP contribution in [0, 0.1) is 5.92 Å². The number of carbonyl (C=O) groups excluding carboxylic acids is 1. The Morgan fingerprint density at radius 3 is 2.41 bits per heavy atom. The summed E-state index contributed by atoms with van der Waals surface area (Å²) in [6.45, 7) is 4.57. The molecule has 0 unspecified atom stereocenters. The monoisotopic (exact) mass is 432 g/mol. The Morgan fingerprint density at radius 1 is 1.21 bits per heavy atom. The molecule has 1 fully saturated rings. The molecule has 1 saturated heterocycles. The molecule has 1 amide bonds. The maximum Gasteiger partial charge on any atom is 0.416 e. The second kappa shape index (κ2) is 7.62. The summed E-state index contributed by atoms with van der Waals surface area (Å²) in [6.07, 6.45) is -3.78. The Kier molecular flexibility index (Phi) is 5.68. The number of rotatable bonds is 4. The van der Waals surface area contributed by atoms with Gasteiger partial charge in [-0.1, -0.05) is 6.07 Å². The van der Waals surface area contributed by atoms with Gasteiger partial charge in [0, 0.05) is 13.1 Å². The third-order valence-corrected chi connectivity index (χ3v) is 8.29. The highest BCUT2D eigenvalue weighted by Gasteiger charge is 2.45. The summed E-state index contributed by atoms with van der Waals surface area (Å²) in [6, 6.07) is 3.84. The number of ether oxygens (including phenoxy) is 1. The van der Waals surface area contributed by atoms with Crippen molar-refractivity contribution in [3.05, 3.63) is 29.8 Å². The van der Waals surface area contributed by atoms with E-state index >= 15 is 0 Å². The molecule has 2 aliphatic rings. The minimum atomic E-state index is -4.62. The molecular formula is C19H23F3N2O4S.